The second kappa shape index (κ2) is 3.42. The van der Waals surface area contributed by atoms with Gasteiger partial charge in [0, 0.05) is 0 Å². The average Bonchev–Trinajstić information content (AvgIpc) is 2.06. The Balaban J connectivity index is 3.49. The maximum atomic E-state index is 13.1. The molecule has 0 fully saturated rings. The zero-order valence-corrected chi connectivity index (χ0v) is 8.22. The van der Waals surface area contributed by atoms with Crippen molar-refractivity contribution in [2.24, 2.45) is 0 Å². The summed E-state index contributed by atoms with van der Waals surface area (Å²) in [6, 6.07) is 0.760. The van der Waals surface area contributed by atoms with Gasteiger partial charge in [-0.05, 0) is 31.0 Å². The highest BCUT2D eigenvalue weighted by Gasteiger charge is 2.35. The molecule has 0 amide bonds. The minimum absolute atomic E-state index is 0.323. The predicted molar refractivity (Wildman–Crippen MR) is 45.9 cm³/mol. The fraction of sp³-hybridized carbons (Fsp3) is 0.333. The van der Waals surface area contributed by atoms with Gasteiger partial charge in [0.25, 0.3) is 0 Å². The van der Waals surface area contributed by atoms with Crippen LogP contribution in [0.25, 0.3) is 0 Å². The van der Waals surface area contributed by atoms with Gasteiger partial charge >= 0.3 is 6.18 Å². The fourth-order valence-corrected chi connectivity index (χ4v) is 1.30. The zero-order valence-electron chi connectivity index (χ0n) is 7.47. The summed E-state index contributed by atoms with van der Waals surface area (Å²) in [4.78, 5) is 0. The van der Waals surface area contributed by atoms with Gasteiger partial charge in [-0.3, -0.25) is 0 Å². The van der Waals surface area contributed by atoms with Crippen LogP contribution in [0.1, 0.15) is 16.7 Å². The number of alkyl halides is 3. The molecule has 0 aromatic heterocycles. The molecule has 1 aromatic rings. The van der Waals surface area contributed by atoms with Crippen LogP contribution in [0.5, 0.6) is 0 Å². The molecule has 1 rings (SSSR count). The molecule has 0 atom stereocenters. The molecule has 0 heterocycles. The van der Waals surface area contributed by atoms with Gasteiger partial charge in [-0.15, -0.1) is 0 Å². The van der Waals surface area contributed by atoms with Crippen LogP contribution in [0, 0.1) is 19.7 Å². The van der Waals surface area contributed by atoms with Gasteiger partial charge in [-0.1, -0.05) is 11.6 Å². The lowest BCUT2D eigenvalue weighted by Crippen LogP contribution is -2.09. The van der Waals surface area contributed by atoms with Crippen LogP contribution in [0.2, 0.25) is 5.02 Å². The molecule has 0 bridgehead atoms. The average molecular weight is 227 g/mol. The van der Waals surface area contributed by atoms with E-state index in [0.717, 1.165) is 6.07 Å². The summed E-state index contributed by atoms with van der Waals surface area (Å²) in [6.07, 6.45) is -4.70. The van der Waals surface area contributed by atoms with E-state index in [1.165, 1.54) is 13.8 Å². The van der Waals surface area contributed by atoms with Crippen LogP contribution >= 0.6 is 11.6 Å². The van der Waals surface area contributed by atoms with Gasteiger partial charge in [0.15, 0.2) is 5.82 Å². The Hall–Kier alpha value is -0.770. The molecule has 0 saturated carbocycles. The topological polar surface area (TPSA) is 0 Å². The summed E-state index contributed by atoms with van der Waals surface area (Å²) >= 11 is 5.42. The molecule has 1 aromatic carbocycles. The third-order valence-electron chi connectivity index (χ3n) is 2.02. The standard InChI is InChI=1S/C9H7ClF4/c1-4-3-6(9(12,13)14)8(11)7(10)5(4)2/h3H,1-2H3. The third-order valence-corrected chi connectivity index (χ3v) is 2.47. The van der Waals surface area contributed by atoms with Gasteiger partial charge in [-0.25, -0.2) is 4.39 Å². The van der Waals surface area contributed by atoms with Gasteiger partial charge < -0.3 is 0 Å². The summed E-state index contributed by atoms with van der Waals surface area (Å²) in [5, 5.41) is -0.461. The van der Waals surface area contributed by atoms with Crippen LogP contribution in [0.4, 0.5) is 17.6 Å². The number of rotatable bonds is 0. The van der Waals surface area contributed by atoms with Crippen molar-refractivity contribution in [2.45, 2.75) is 20.0 Å². The highest BCUT2D eigenvalue weighted by atomic mass is 35.5. The molecule has 0 aliphatic carbocycles. The van der Waals surface area contributed by atoms with Crippen molar-refractivity contribution in [3.8, 4) is 0 Å². The molecule has 0 spiro atoms. The lowest BCUT2D eigenvalue weighted by atomic mass is 10.1. The number of benzene rings is 1. The first-order valence-corrected chi connectivity index (χ1v) is 4.15. The number of hydrogen-bond donors (Lipinski definition) is 0. The minimum Gasteiger partial charge on any atom is -0.205 e. The van der Waals surface area contributed by atoms with E-state index in [1.54, 1.807) is 0 Å². The van der Waals surface area contributed by atoms with Crippen molar-refractivity contribution in [2.75, 3.05) is 0 Å². The number of halogens is 5. The molecule has 5 heteroatoms. The van der Waals surface area contributed by atoms with E-state index in [4.69, 9.17) is 11.6 Å². The summed E-state index contributed by atoms with van der Waals surface area (Å²) < 4.78 is 49.8. The van der Waals surface area contributed by atoms with E-state index in [1.807, 2.05) is 0 Å². The summed E-state index contributed by atoms with van der Waals surface area (Å²) in [5.74, 6) is -1.40. The van der Waals surface area contributed by atoms with E-state index < -0.39 is 22.6 Å². The molecule has 78 valence electrons. The quantitative estimate of drug-likeness (QED) is 0.584. The van der Waals surface area contributed by atoms with Crippen molar-refractivity contribution < 1.29 is 17.6 Å². The first-order valence-electron chi connectivity index (χ1n) is 3.77. The second-order valence-electron chi connectivity index (χ2n) is 2.99. The second-order valence-corrected chi connectivity index (χ2v) is 3.37. The minimum atomic E-state index is -4.70. The number of hydrogen-bond acceptors (Lipinski definition) is 0. The molecule has 0 aliphatic rings. The first kappa shape index (κ1) is 11.3. The normalized spacial score (nSPS) is 11.9. The van der Waals surface area contributed by atoms with E-state index in [-0.39, 0.29) is 0 Å². The molecule has 0 unspecified atom stereocenters. The van der Waals surface area contributed by atoms with Gasteiger partial charge in [-0.2, -0.15) is 13.2 Å². The van der Waals surface area contributed by atoms with Crippen molar-refractivity contribution in [3.63, 3.8) is 0 Å². The largest absolute Gasteiger partial charge is 0.419 e. The maximum Gasteiger partial charge on any atom is 0.419 e. The van der Waals surface area contributed by atoms with Crippen LogP contribution in [0.15, 0.2) is 6.07 Å². The Morgan fingerprint density at radius 3 is 2.14 bits per heavy atom. The monoisotopic (exact) mass is 226 g/mol. The van der Waals surface area contributed by atoms with E-state index in [9.17, 15) is 17.6 Å². The molecule has 0 radical (unpaired) electrons. The summed E-state index contributed by atoms with van der Waals surface area (Å²) in [7, 11) is 0. The van der Waals surface area contributed by atoms with Crippen LogP contribution < -0.4 is 0 Å². The number of aryl methyl sites for hydroxylation is 1. The van der Waals surface area contributed by atoms with Crippen molar-refractivity contribution in [1.29, 1.82) is 0 Å². The predicted octanol–water partition coefficient (Wildman–Crippen LogP) is 4.11. The van der Waals surface area contributed by atoms with E-state index in [2.05, 4.69) is 0 Å². The Morgan fingerprint density at radius 1 is 1.21 bits per heavy atom. The van der Waals surface area contributed by atoms with Crippen molar-refractivity contribution in [3.05, 3.63) is 33.6 Å². The summed E-state index contributed by atoms with van der Waals surface area (Å²) in [5.41, 5.74) is -0.661. The smallest absolute Gasteiger partial charge is 0.205 e. The zero-order chi connectivity index (χ0) is 11.1. The molecule has 14 heavy (non-hydrogen) atoms. The Morgan fingerprint density at radius 2 is 1.71 bits per heavy atom. The molecule has 0 saturated heterocycles. The third kappa shape index (κ3) is 1.85. The van der Waals surface area contributed by atoms with Crippen molar-refractivity contribution in [1.82, 2.24) is 0 Å². The van der Waals surface area contributed by atoms with Gasteiger partial charge in [0.05, 0.1) is 10.6 Å². The molecule has 0 nitrogen and oxygen atoms in total. The Kier molecular flexibility index (Phi) is 2.76. The lowest BCUT2D eigenvalue weighted by Gasteiger charge is -2.12. The van der Waals surface area contributed by atoms with Crippen LogP contribution in [-0.2, 0) is 6.18 Å². The SMILES string of the molecule is Cc1cc(C(F)(F)F)c(F)c(Cl)c1C. The van der Waals surface area contributed by atoms with Gasteiger partial charge in [0.2, 0.25) is 0 Å². The fourth-order valence-electron chi connectivity index (χ4n) is 1.05. The summed E-state index contributed by atoms with van der Waals surface area (Å²) in [6.45, 7) is 2.93. The van der Waals surface area contributed by atoms with Crippen LogP contribution in [-0.4, -0.2) is 0 Å². The highest BCUT2D eigenvalue weighted by molar-refractivity contribution is 6.31. The lowest BCUT2D eigenvalue weighted by molar-refractivity contribution is -0.140. The maximum absolute atomic E-state index is 13.1. The molecule has 0 N–H and O–H groups in total. The van der Waals surface area contributed by atoms with Crippen molar-refractivity contribution >= 4 is 11.6 Å². The molecule has 0 aliphatic heterocycles. The van der Waals surface area contributed by atoms with Gasteiger partial charge in [0.1, 0.15) is 0 Å². The molecular weight excluding hydrogens is 220 g/mol. The van der Waals surface area contributed by atoms with E-state index >= 15 is 0 Å². The van der Waals surface area contributed by atoms with Crippen LogP contribution in [0.3, 0.4) is 0 Å². The van der Waals surface area contributed by atoms with E-state index in [0.29, 0.717) is 11.1 Å². The Bertz CT molecular complexity index is 368. The highest BCUT2D eigenvalue weighted by Crippen LogP contribution is 2.36. The first-order chi connectivity index (χ1) is 6.25. The Labute approximate surface area is 83.5 Å². The molecular formula is C9H7ClF4.